The summed E-state index contributed by atoms with van der Waals surface area (Å²) in [4.78, 5) is 3.31. The van der Waals surface area contributed by atoms with Gasteiger partial charge in [0.25, 0.3) is 0 Å². The Balaban J connectivity index is 2.17. The number of aromatic nitrogens is 1. The van der Waals surface area contributed by atoms with Crippen LogP contribution < -0.4 is 5.73 Å². The average Bonchev–Trinajstić information content (AvgIpc) is 2.88. The molecule has 114 valence electrons. The van der Waals surface area contributed by atoms with Crippen molar-refractivity contribution < 1.29 is 4.39 Å². The van der Waals surface area contributed by atoms with E-state index >= 15 is 0 Å². The molecular weight excluding hydrogens is 275 g/mol. The largest absolute Gasteiger partial charge is 0.352 e. The first-order chi connectivity index (χ1) is 10.7. The second-order valence-electron chi connectivity index (χ2n) is 5.70. The van der Waals surface area contributed by atoms with E-state index in [9.17, 15) is 4.39 Å². The Labute approximate surface area is 130 Å². The molecule has 1 heterocycles. The fourth-order valence-corrected chi connectivity index (χ4v) is 3.03. The Morgan fingerprint density at radius 3 is 2.64 bits per heavy atom. The predicted molar refractivity (Wildman–Crippen MR) is 90.4 cm³/mol. The summed E-state index contributed by atoms with van der Waals surface area (Å²) < 4.78 is 14.1. The van der Waals surface area contributed by atoms with Crippen LogP contribution in [0.4, 0.5) is 4.39 Å². The number of para-hydroxylation sites is 1. The molecule has 0 amide bonds. The number of hydrogen-bond acceptors (Lipinski definition) is 1. The van der Waals surface area contributed by atoms with E-state index in [1.165, 1.54) is 17.2 Å². The van der Waals surface area contributed by atoms with Gasteiger partial charge in [-0.2, -0.15) is 0 Å². The smallest absolute Gasteiger partial charge is 0.147 e. The van der Waals surface area contributed by atoms with E-state index in [-0.39, 0.29) is 5.82 Å². The minimum atomic E-state index is -0.197. The van der Waals surface area contributed by atoms with E-state index < -0.39 is 0 Å². The van der Waals surface area contributed by atoms with Gasteiger partial charge in [0.2, 0.25) is 0 Å². The first kappa shape index (κ1) is 14.8. The molecule has 0 aliphatic rings. The third-order valence-corrected chi connectivity index (χ3v) is 4.19. The topological polar surface area (TPSA) is 41.8 Å². The van der Waals surface area contributed by atoms with Gasteiger partial charge in [0.1, 0.15) is 5.82 Å². The summed E-state index contributed by atoms with van der Waals surface area (Å²) >= 11 is 0. The standard InChI is InChI=1S/C19H21FN2/c1-13-7-2-3-8-14(13)18-15(9-4-5-12-21)16-10-6-11-17(20)19(16)22-18/h2-3,6-8,10-11,22H,4-5,9,12,21H2,1H3. The van der Waals surface area contributed by atoms with Gasteiger partial charge in [0, 0.05) is 10.9 Å². The molecule has 0 unspecified atom stereocenters. The Morgan fingerprint density at radius 2 is 1.86 bits per heavy atom. The Morgan fingerprint density at radius 1 is 1.05 bits per heavy atom. The molecule has 0 saturated carbocycles. The number of hydrogen-bond donors (Lipinski definition) is 2. The number of nitrogens with one attached hydrogen (secondary N) is 1. The van der Waals surface area contributed by atoms with Crippen LogP contribution in [-0.4, -0.2) is 11.5 Å². The van der Waals surface area contributed by atoms with Crippen molar-refractivity contribution in [2.24, 2.45) is 5.73 Å². The molecule has 2 nitrogen and oxygen atoms in total. The summed E-state index contributed by atoms with van der Waals surface area (Å²) in [7, 11) is 0. The Bertz CT molecular complexity index is 789. The van der Waals surface area contributed by atoms with Crippen LogP contribution in [0.15, 0.2) is 42.5 Å². The molecule has 0 saturated heterocycles. The molecule has 3 aromatic rings. The number of nitrogens with two attached hydrogens (primary N) is 1. The monoisotopic (exact) mass is 296 g/mol. The molecule has 0 atom stereocenters. The number of H-pyrrole nitrogens is 1. The summed E-state index contributed by atoms with van der Waals surface area (Å²) in [5.41, 5.74) is 10.8. The van der Waals surface area contributed by atoms with Gasteiger partial charge < -0.3 is 10.7 Å². The molecule has 0 radical (unpaired) electrons. The van der Waals surface area contributed by atoms with Crippen molar-refractivity contribution in [1.29, 1.82) is 0 Å². The van der Waals surface area contributed by atoms with Gasteiger partial charge in [-0.1, -0.05) is 36.4 Å². The highest BCUT2D eigenvalue weighted by atomic mass is 19.1. The maximum Gasteiger partial charge on any atom is 0.147 e. The van der Waals surface area contributed by atoms with Gasteiger partial charge in [-0.15, -0.1) is 0 Å². The van der Waals surface area contributed by atoms with Gasteiger partial charge in [-0.3, -0.25) is 0 Å². The number of halogens is 1. The first-order valence-corrected chi connectivity index (χ1v) is 7.77. The molecule has 0 aliphatic carbocycles. The van der Waals surface area contributed by atoms with E-state index in [0.717, 1.165) is 35.9 Å². The average molecular weight is 296 g/mol. The fourth-order valence-electron chi connectivity index (χ4n) is 3.03. The molecule has 2 aromatic carbocycles. The SMILES string of the molecule is Cc1ccccc1-c1[nH]c2c(F)cccc2c1CCCCN. The molecule has 3 N–H and O–H groups in total. The zero-order valence-corrected chi connectivity index (χ0v) is 12.8. The van der Waals surface area contributed by atoms with Crippen LogP contribution in [0.25, 0.3) is 22.2 Å². The summed E-state index contributed by atoms with van der Waals surface area (Å²) in [5.74, 6) is -0.197. The molecule has 0 spiro atoms. The number of aryl methyl sites for hydroxylation is 2. The van der Waals surface area contributed by atoms with Crippen LogP contribution in [-0.2, 0) is 6.42 Å². The van der Waals surface area contributed by atoms with E-state index in [2.05, 4.69) is 24.0 Å². The molecule has 3 rings (SSSR count). The molecule has 0 fully saturated rings. The third-order valence-electron chi connectivity index (χ3n) is 4.19. The van der Waals surface area contributed by atoms with Crippen molar-refractivity contribution in [2.45, 2.75) is 26.2 Å². The van der Waals surface area contributed by atoms with Crippen molar-refractivity contribution in [2.75, 3.05) is 6.54 Å². The van der Waals surface area contributed by atoms with Crippen LogP contribution in [0.1, 0.15) is 24.0 Å². The highest BCUT2D eigenvalue weighted by Gasteiger charge is 2.16. The van der Waals surface area contributed by atoms with Crippen LogP contribution in [0.5, 0.6) is 0 Å². The lowest BCUT2D eigenvalue weighted by molar-refractivity contribution is 0.637. The van der Waals surface area contributed by atoms with Gasteiger partial charge in [-0.05, 0) is 49.9 Å². The highest BCUT2D eigenvalue weighted by Crippen LogP contribution is 2.34. The Kier molecular flexibility index (Phi) is 4.25. The Hall–Kier alpha value is -2.13. The summed E-state index contributed by atoms with van der Waals surface area (Å²) in [6.45, 7) is 2.78. The second kappa shape index (κ2) is 6.32. The van der Waals surface area contributed by atoms with Crippen molar-refractivity contribution in [1.82, 2.24) is 4.98 Å². The fraction of sp³-hybridized carbons (Fsp3) is 0.263. The number of rotatable bonds is 5. The summed E-state index contributed by atoms with van der Waals surface area (Å²) in [5, 5.41) is 0.982. The van der Waals surface area contributed by atoms with E-state index in [0.29, 0.717) is 12.1 Å². The maximum atomic E-state index is 14.1. The summed E-state index contributed by atoms with van der Waals surface area (Å²) in [6, 6.07) is 13.5. The van der Waals surface area contributed by atoms with Crippen LogP contribution >= 0.6 is 0 Å². The maximum absolute atomic E-state index is 14.1. The van der Waals surface area contributed by atoms with Gasteiger partial charge in [0.05, 0.1) is 11.2 Å². The minimum absolute atomic E-state index is 0.197. The third kappa shape index (κ3) is 2.64. The lowest BCUT2D eigenvalue weighted by Crippen LogP contribution is -1.99. The molecule has 0 bridgehead atoms. The molecule has 22 heavy (non-hydrogen) atoms. The highest BCUT2D eigenvalue weighted by molar-refractivity contribution is 5.91. The molecule has 1 aromatic heterocycles. The van der Waals surface area contributed by atoms with Crippen LogP contribution in [0.3, 0.4) is 0 Å². The molecular formula is C19H21FN2. The second-order valence-corrected chi connectivity index (χ2v) is 5.70. The minimum Gasteiger partial charge on any atom is -0.352 e. The zero-order chi connectivity index (χ0) is 15.5. The quantitative estimate of drug-likeness (QED) is 0.666. The van der Waals surface area contributed by atoms with Crippen LogP contribution in [0.2, 0.25) is 0 Å². The van der Waals surface area contributed by atoms with Crippen LogP contribution in [0, 0.1) is 12.7 Å². The lowest BCUT2D eigenvalue weighted by atomic mass is 9.98. The molecule has 3 heteroatoms. The number of fused-ring (bicyclic) bond motifs is 1. The van der Waals surface area contributed by atoms with Crippen molar-refractivity contribution in [3.05, 3.63) is 59.4 Å². The van der Waals surface area contributed by atoms with Gasteiger partial charge >= 0.3 is 0 Å². The normalized spacial score (nSPS) is 11.2. The van der Waals surface area contributed by atoms with Crippen molar-refractivity contribution in [3.63, 3.8) is 0 Å². The van der Waals surface area contributed by atoms with E-state index in [1.54, 1.807) is 6.07 Å². The summed E-state index contributed by atoms with van der Waals surface area (Å²) in [6.07, 6.45) is 2.90. The molecule has 0 aliphatic heterocycles. The van der Waals surface area contributed by atoms with E-state index in [1.807, 2.05) is 18.2 Å². The lowest BCUT2D eigenvalue weighted by Gasteiger charge is -2.08. The van der Waals surface area contributed by atoms with Crippen molar-refractivity contribution in [3.8, 4) is 11.3 Å². The number of aromatic amines is 1. The van der Waals surface area contributed by atoms with Crippen molar-refractivity contribution >= 4 is 10.9 Å². The van der Waals surface area contributed by atoms with Gasteiger partial charge in [0.15, 0.2) is 0 Å². The number of benzene rings is 2. The number of unbranched alkanes of at least 4 members (excludes halogenated alkanes) is 1. The predicted octanol–water partition coefficient (Wildman–Crippen LogP) is 4.56. The zero-order valence-electron chi connectivity index (χ0n) is 12.8. The first-order valence-electron chi connectivity index (χ1n) is 7.77. The van der Waals surface area contributed by atoms with Gasteiger partial charge in [-0.25, -0.2) is 4.39 Å². The van der Waals surface area contributed by atoms with E-state index in [4.69, 9.17) is 5.73 Å².